The van der Waals surface area contributed by atoms with Crippen molar-refractivity contribution >= 4 is 6.09 Å². The van der Waals surface area contributed by atoms with Crippen LogP contribution in [-0.4, -0.2) is 34.9 Å². The average molecular weight is 297 g/mol. The van der Waals surface area contributed by atoms with E-state index >= 15 is 0 Å². The van der Waals surface area contributed by atoms with Crippen LogP contribution in [0.25, 0.3) is 0 Å². The van der Waals surface area contributed by atoms with Gasteiger partial charge in [-0.25, -0.2) is 4.79 Å². The second-order valence-corrected chi connectivity index (χ2v) is 5.48. The number of rotatable bonds is 5. The third kappa shape index (κ3) is 3.12. The molecule has 3 rings (SSSR count). The maximum atomic E-state index is 12.1. The summed E-state index contributed by atoms with van der Waals surface area (Å²) in [6.45, 7) is 0.336. The van der Waals surface area contributed by atoms with Gasteiger partial charge in [0.15, 0.2) is 0 Å². The Labute approximate surface area is 130 Å². The van der Waals surface area contributed by atoms with E-state index in [-0.39, 0.29) is 18.7 Å². The normalized spacial score (nSPS) is 21.0. The van der Waals surface area contributed by atoms with Crippen molar-refractivity contribution in [3.05, 3.63) is 71.8 Å². The molecule has 0 radical (unpaired) electrons. The van der Waals surface area contributed by atoms with Gasteiger partial charge >= 0.3 is 6.09 Å². The van der Waals surface area contributed by atoms with Gasteiger partial charge in [0, 0.05) is 6.54 Å². The van der Waals surface area contributed by atoms with E-state index in [9.17, 15) is 9.90 Å². The number of hydrogen-bond donors (Lipinski definition) is 1. The molecule has 2 aromatic rings. The first kappa shape index (κ1) is 14.6. The van der Waals surface area contributed by atoms with Gasteiger partial charge in [-0.05, 0) is 17.5 Å². The highest BCUT2D eigenvalue weighted by Crippen LogP contribution is 2.25. The van der Waals surface area contributed by atoms with Crippen LogP contribution < -0.4 is 0 Å². The highest BCUT2D eigenvalue weighted by molar-refractivity contribution is 5.71. The molecule has 1 heterocycles. The van der Waals surface area contributed by atoms with Gasteiger partial charge in [-0.1, -0.05) is 60.7 Å². The van der Waals surface area contributed by atoms with Crippen LogP contribution in [0.4, 0.5) is 4.79 Å². The van der Waals surface area contributed by atoms with Crippen molar-refractivity contribution in [3.63, 3.8) is 0 Å². The summed E-state index contributed by atoms with van der Waals surface area (Å²) in [6, 6.07) is 19.6. The number of aliphatic hydroxyl groups is 1. The van der Waals surface area contributed by atoms with E-state index in [1.54, 1.807) is 4.90 Å². The molecule has 0 unspecified atom stereocenters. The van der Waals surface area contributed by atoms with Crippen molar-refractivity contribution in [2.45, 2.75) is 25.1 Å². The quantitative estimate of drug-likeness (QED) is 0.923. The second kappa shape index (κ2) is 6.62. The number of ether oxygens (including phenoxy) is 1. The van der Waals surface area contributed by atoms with Gasteiger partial charge < -0.3 is 9.84 Å². The number of benzene rings is 2. The van der Waals surface area contributed by atoms with Crippen LogP contribution in [0.15, 0.2) is 60.7 Å². The molecule has 2 atom stereocenters. The summed E-state index contributed by atoms with van der Waals surface area (Å²) in [6.07, 6.45) is -0.162. The van der Waals surface area contributed by atoms with Crippen LogP contribution >= 0.6 is 0 Å². The SMILES string of the molecule is O=C1O[C@H](CO)[C@@H](Cc2ccccc2)N1Cc1ccccc1. The number of cyclic esters (lactones) is 1. The van der Waals surface area contributed by atoms with E-state index in [0.29, 0.717) is 13.0 Å². The van der Waals surface area contributed by atoms with Crippen molar-refractivity contribution in [3.8, 4) is 0 Å². The summed E-state index contributed by atoms with van der Waals surface area (Å²) in [4.78, 5) is 13.9. The third-order valence-electron chi connectivity index (χ3n) is 3.98. The van der Waals surface area contributed by atoms with Crippen LogP contribution in [0.3, 0.4) is 0 Å². The Bertz CT molecular complexity index is 615. The third-order valence-corrected chi connectivity index (χ3v) is 3.98. The Kier molecular flexibility index (Phi) is 4.39. The molecule has 1 fully saturated rings. The van der Waals surface area contributed by atoms with Gasteiger partial charge in [-0.2, -0.15) is 0 Å². The fourth-order valence-electron chi connectivity index (χ4n) is 2.83. The molecule has 4 nitrogen and oxygen atoms in total. The zero-order valence-electron chi connectivity index (χ0n) is 12.3. The molecular weight excluding hydrogens is 278 g/mol. The van der Waals surface area contributed by atoms with Crippen molar-refractivity contribution in [2.24, 2.45) is 0 Å². The first-order valence-corrected chi connectivity index (χ1v) is 7.44. The summed E-state index contributed by atoms with van der Waals surface area (Å²) < 4.78 is 5.32. The molecule has 1 aliphatic heterocycles. The first-order chi connectivity index (χ1) is 10.8. The second-order valence-electron chi connectivity index (χ2n) is 5.48. The molecule has 0 saturated carbocycles. The molecular formula is C18H19NO3. The number of carbonyl (C=O) groups excluding carboxylic acids is 1. The van der Waals surface area contributed by atoms with Crippen molar-refractivity contribution in [2.75, 3.05) is 6.61 Å². The van der Waals surface area contributed by atoms with E-state index < -0.39 is 6.10 Å². The van der Waals surface area contributed by atoms with Crippen LogP contribution in [0.1, 0.15) is 11.1 Å². The van der Waals surface area contributed by atoms with Crippen molar-refractivity contribution in [1.82, 2.24) is 4.90 Å². The zero-order chi connectivity index (χ0) is 15.4. The summed E-state index contributed by atoms with van der Waals surface area (Å²) in [7, 11) is 0. The van der Waals surface area contributed by atoms with E-state index in [2.05, 4.69) is 0 Å². The molecule has 22 heavy (non-hydrogen) atoms. The Morgan fingerprint density at radius 3 is 2.14 bits per heavy atom. The van der Waals surface area contributed by atoms with Gasteiger partial charge in [-0.3, -0.25) is 4.90 Å². The molecule has 4 heteroatoms. The summed E-state index contributed by atoms with van der Waals surface area (Å²) in [5, 5.41) is 9.51. The minimum absolute atomic E-state index is 0.153. The lowest BCUT2D eigenvalue weighted by Gasteiger charge is -2.24. The Morgan fingerprint density at radius 2 is 1.55 bits per heavy atom. The number of hydrogen-bond acceptors (Lipinski definition) is 3. The lowest BCUT2D eigenvalue weighted by molar-refractivity contribution is 0.0827. The summed E-state index contributed by atoms with van der Waals surface area (Å²) >= 11 is 0. The minimum atomic E-state index is -0.476. The molecule has 1 N–H and O–H groups in total. The monoisotopic (exact) mass is 297 g/mol. The van der Waals surface area contributed by atoms with Gasteiger partial charge in [0.1, 0.15) is 6.10 Å². The first-order valence-electron chi connectivity index (χ1n) is 7.44. The lowest BCUT2D eigenvalue weighted by Crippen LogP contribution is -2.39. The molecule has 1 aliphatic rings. The average Bonchev–Trinajstić information content (AvgIpc) is 2.85. The standard InChI is InChI=1S/C18H19NO3/c20-13-17-16(11-14-7-3-1-4-8-14)19(18(21)22-17)12-15-9-5-2-6-10-15/h1-10,16-17,20H,11-13H2/t16-,17-/m1/s1. The molecule has 1 amide bonds. The highest BCUT2D eigenvalue weighted by Gasteiger charge is 2.41. The molecule has 0 spiro atoms. The van der Waals surface area contributed by atoms with Gasteiger partial charge in [0.25, 0.3) is 0 Å². The maximum Gasteiger partial charge on any atom is 0.410 e. The number of carbonyl (C=O) groups is 1. The van der Waals surface area contributed by atoms with Gasteiger partial charge in [-0.15, -0.1) is 0 Å². The van der Waals surface area contributed by atoms with E-state index in [4.69, 9.17) is 4.74 Å². The fourth-order valence-corrected chi connectivity index (χ4v) is 2.83. The minimum Gasteiger partial charge on any atom is -0.441 e. The lowest BCUT2D eigenvalue weighted by atomic mass is 10.0. The van der Waals surface area contributed by atoms with Crippen LogP contribution in [0.5, 0.6) is 0 Å². The number of aliphatic hydroxyl groups excluding tert-OH is 1. The van der Waals surface area contributed by atoms with Crippen LogP contribution in [0.2, 0.25) is 0 Å². The van der Waals surface area contributed by atoms with Crippen LogP contribution in [-0.2, 0) is 17.7 Å². The molecule has 2 aromatic carbocycles. The van der Waals surface area contributed by atoms with Crippen molar-refractivity contribution < 1.29 is 14.6 Å². The molecule has 1 saturated heterocycles. The van der Waals surface area contributed by atoms with Crippen molar-refractivity contribution in [1.29, 1.82) is 0 Å². The van der Waals surface area contributed by atoms with Gasteiger partial charge in [0.2, 0.25) is 0 Å². The maximum absolute atomic E-state index is 12.1. The molecule has 0 bridgehead atoms. The Balaban J connectivity index is 1.80. The predicted octanol–water partition coefficient (Wildman–Crippen LogP) is 2.61. The smallest absolute Gasteiger partial charge is 0.410 e. The summed E-state index contributed by atoms with van der Waals surface area (Å²) in [5.41, 5.74) is 2.18. The Hall–Kier alpha value is -2.33. The molecule has 114 valence electrons. The Morgan fingerprint density at radius 1 is 0.955 bits per heavy atom. The molecule has 0 aliphatic carbocycles. The predicted molar refractivity (Wildman–Crippen MR) is 83.3 cm³/mol. The van der Waals surface area contributed by atoms with Gasteiger partial charge in [0.05, 0.1) is 12.6 Å². The topological polar surface area (TPSA) is 49.8 Å². The van der Waals surface area contributed by atoms with Crippen LogP contribution in [0, 0.1) is 0 Å². The number of nitrogens with zero attached hydrogens (tertiary/aromatic N) is 1. The number of amides is 1. The fraction of sp³-hybridized carbons (Fsp3) is 0.278. The van der Waals surface area contributed by atoms with E-state index in [0.717, 1.165) is 11.1 Å². The van der Waals surface area contributed by atoms with E-state index in [1.807, 2.05) is 60.7 Å². The van der Waals surface area contributed by atoms with E-state index in [1.165, 1.54) is 0 Å². The summed E-state index contributed by atoms with van der Waals surface area (Å²) in [5.74, 6) is 0. The zero-order valence-corrected chi connectivity index (χ0v) is 12.3. The highest BCUT2D eigenvalue weighted by atomic mass is 16.6. The molecule has 0 aromatic heterocycles. The largest absolute Gasteiger partial charge is 0.441 e.